The summed E-state index contributed by atoms with van der Waals surface area (Å²) in [7, 11) is 5.66. The smallest absolute Gasteiger partial charge is 0.256 e. The Bertz CT molecular complexity index is 1230. The summed E-state index contributed by atoms with van der Waals surface area (Å²) >= 11 is 0. The van der Waals surface area contributed by atoms with E-state index in [0.717, 1.165) is 59.9 Å². The number of anilines is 2. The summed E-state index contributed by atoms with van der Waals surface area (Å²) < 4.78 is 5.61. The van der Waals surface area contributed by atoms with Crippen LogP contribution in [0.1, 0.15) is 33.8 Å². The molecule has 5 rings (SSSR count). The Morgan fingerprint density at radius 3 is 2.76 bits per heavy atom. The molecule has 3 N–H and O–H groups in total. The number of nitrogen functional groups attached to an aromatic ring is 1. The molecule has 3 aromatic rings. The van der Waals surface area contributed by atoms with Crippen LogP contribution in [-0.2, 0) is 0 Å². The van der Waals surface area contributed by atoms with Gasteiger partial charge >= 0.3 is 0 Å². The van der Waals surface area contributed by atoms with Gasteiger partial charge in [0.15, 0.2) is 0 Å². The van der Waals surface area contributed by atoms with Gasteiger partial charge in [0.1, 0.15) is 11.6 Å². The number of hydrogen-bond donors (Lipinski definition) is 2. The lowest BCUT2D eigenvalue weighted by atomic mass is 9.91. The largest absolute Gasteiger partial charge is 0.496 e. The van der Waals surface area contributed by atoms with Crippen molar-refractivity contribution in [3.63, 3.8) is 0 Å². The number of nitrogens with one attached hydrogen (secondary N) is 1. The normalized spacial score (nSPS) is 19.5. The van der Waals surface area contributed by atoms with E-state index in [-0.39, 0.29) is 17.9 Å². The number of benzene rings is 2. The second-order valence-corrected chi connectivity index (χ2v) is 9.26. The zero-order chi connectivity index (χ0) is 23.8. The molecule has 1 aromatic heterocycles. The van der Waals surface area contributed by atoms with E-state index in [1.54, 1.807) is 7.11 Å². The number of hydrogen-bond acceptors (Lipinski definition) is 6. The molecule has 1 amide bonds. The number of likely N-dealkylation sites (tertiary alicyclic amines) is 1. The van der Waals surface area contributed by atoms with Crippen molar-refractivity contribution in [2.75, 3.05) is 51.9 Å². The van der Waals surface area contributed by atoms with Crippen molar-refractivity contribution >= 4 is 17.4 Å². The second kappa shape index (κ2) is 8.99. The molecule has 0 spiro atoms. The molecule has 0 bridgehead atoms. The maximum Gasteiger partial charge on any atom is 0.256 e. The number of carbonyl (C=O) groups is 1. The van der Waals surface area contributed by atoms with Crippen LogP contribution in [0.15, 0.2) is 54.7 Å². The van der Waals surface area contributed by atoms with Crippen LogP contribution in [0.25, 0.3) is 11.1 Å². The highest BCUT2D eigenvalue weighted by Gasteiger charge is 2.29. The minimum Gasteiger partial charge on any atom is -0.496 e. The monoisotopic (exact) mass is 457 g/mol. The highest BCUT2D eigenvalue weighted by Crippen LogP contribution is 2.40. The summed E-state index contributed by atoms with van der Waals surface area (Å²) in [6.45, 7) is 2.65. The van der Waals surface area contributed by atoms with Crippen LogP contribution in [0.5, 0.6) is 5.75 Å². The summed E-state index contributed by atoms with van der Waals surface area (Å²) in [5, 5.41) is 3.42. The lowest BCUT2D eigenvalue weighted by Crippen LogP contribution is -2.38. The van der Waals surface area contributed by atoms with Gasteiger partial charge in [0.05, 0.1) is 12.7 Å². The molecule has 0 saturated carbocycles. The van der Waals surface area contributed by atoms with Crippen LogP contribution in [0.4, 0.5) is 11.5 Å². The third kappa shape index (κ3) is 3.96. The summed E-state index contributed by atoms with van der Waals surface area (Å²) in [4.78, 5) is 22.1. The molecule has 2 aliphatic rings. The lowest BCUT2D eigenvalue weighted by Gasteiger charge is -2.25. The van der Waals surface area contributed by atoms with Crippen LogP contribution in [0, 0.1) is 0 Å². The first-order valence-electron chi connectivity index (χ1n) is 11.7. The van der Waals surface area contributed by atoms with Crippen molar-refractivity contribution in [1.82, 2.24) is 14.8 Å². The van der Waals surface area contributed by atoms with Crippen molar-refractivity contribution in [2.45, 2.75) is 18.4 Å². The standard InChI is InChI=1S/C27H31N5O2/c1-31-11-10-19(16-31)32(2)27(33)22-12-17(8-9-24(22)28)18-13-21-23(15-30-26(21)29-14-18)20-6-4-5-7-25(20)34-3/h4-9,12-14,19,23H,10-11,15-16,28H2,1-3H3,(H,29,30). The molecule has 7 heteroatoms. The molecule has 2 aliphatic heterocycles. The second-order valence-electron chi connectivity index (χ2n) is 9.26. The van der Waals surface area contributed by atoms with Crippen molar-refractivity contribution in [2.24, 2.45) is 0 Å². The van der Waals surface area contributed by atoms with Crippen LogP contribution in [-0.4, -0.2) is 67.6 Å². The predicted molar refractivity (Wildman–Crippen MR) is 135 cm³/mol. The summed E-state index contributed by atoms with van der Waals surface area (Å²) in [6, 6.07) is 16.1. The number of fused-ring (bicyclic) bond motifs is 1. The van der Waals surface area contributed by atoms with E-state index in [9.17, 15) is 4.79 Å². The number of rotatable bonds is 5. The number of ether oxygens (including phenoxy) is 1. The minimum atomic E-state index is -0.0395. The zero-order valence-electron chi connectivity index (χ0n) is 19.9. The summed E-state index contributed by atoms with van der Waals surface area (Å²) in [5.41, 5.74) is 11.4. The first-order chi connectivity index (χ1) is 16.5. The first-order valence-corrected chi connectivity index (χ1v) is 11.7. The molecule has 1 saturated heterocycles. The topological polar surface area (TPSA) is 83.7 Å². The SMILES string of the molecule is COc1ccccc1C1CNc2ncc(-c3ccc(N)c(C(=O)N(C)C4CCN(C)C4)c3)cc21. The third-order valence-corrected chi connectivity index (χ3v) is 7.13. The average molecular weight is 458 g/mol. The van der Waals surface area contributed by atoms with Crippen molar-refractivity contribution in [3.05, 3.63) is 71.4 Å². The van der Waals surface area contributed by atoms with E-state index in [0.29, 0.717) is 11.3 Å². The van der Waals surface area contributed by atoms with Crippen LogP contribution in [0.3, 0.4) is 0 Å². The number of methoxy groups -OCH3 is 1. The van der Waals surface area contributed by atoms with Gasteiger partial charge in [-0.2, -0.15) is 0 Å². The number of likely N-dealkylation sites (N-methyl/N-ethyl adjacent to an activating group) is 2. The minimum absolute atomic E-state index is 0.0395. The molecule has 2 atom stereocenters. The number of pyridine rings is 1. The molecular formula is C27H31N5O2. The molecule has 2 aromatic carbocycles. The van der Waals surface area contributed by atoms with E-state index in [4.69, 9.17) is 10.5 Å². The molecule has 2 unspecified atom stereocenters. The summed E-state index contributed by atoms with van der Waals surface area (Å²) in [5.74, 6) is 1.85. The van der Waals surface area contributed by atoms with E-state index < -0.39 is 0 Å². The fourth-order valence-corrected chi connectivity index (χ4v) is 5.10. The number of amides is 1. The van der Waals surface area contributed by atoms with E-state index in [2.05, 4.69) is 34.4 Å². The quantitative estimate of drug-likeness (QED) is 0.569. The molecule has 0 radical (unpaired) electrons. The number of nitrogens with two attached hydrogens (primary N) is 1. The Labute approximate surface area is 200 Å². The molecule has 3 heterocycles. The molecule has 1 fully saturated rings. The van der Waals surface area contributed by atoms with Crippen LogP contribution < -0.4 is 15.8 Å². The van der Waals surface area contributed by atoms with Gasteiger partial charge in [0.2, 0.25) is 0 Å². The number of aromatic nitrogens is 1. The Balaban J connectivity index is 1.47. The van der Waals surface area contributed by atoms with E-state index in [1.165, 1.54) is 0 Å². The predicted octanol–water partition coefficient (Wildman–Crippen LogP) is 3.67. The number of nitrogens with zero attached hydrogens (tertiary/aromatic N) is 3. The third-order valence-electron chi connectivity index (χ3n) is 7.13. The summed E-state index contributed by atoms with van der Waals surface area (Å²) in [6.07, 6.45) is 2.83. The molecule has 7 nitrogen and oxygen atoms in total. The Kier molecular flexibility index (Phi) is 5.87. The molecular weight excluding hydrogens is 426 g/mol. The van der Waals surface area contributed by atoms with Gasteiger partial charge in [-0.25, -0.2) is 4.98 Å². The molecule has 176 valence electrons. The zero-order valence-corrected chi connectivity index (χ0v) is 19.9. The van der Waals surface area contributed by atoms with E-state index in [1.807, 2.05) is 54.5 Å². The van der Waals surface area contributed by atoms with Gasteiger partial charge in [0.25, 0.3) is 5.91 Å². The maximum absolute atomic E-state index is 13.3. The Morgan fingerprint density at radius 2 is 2.00 bits per heavy atom. The lowest BCUT2D eigenvalue weighted by molar-refractivity contribution is 0.0738. The maximum atomic E-state index is 13.3. The van der Waals surface area contributed by atoms with Crippen LogP contribution >= 0.6 is 0 Å². The van der Waals surface area contributed by atoms with Gasteiger partial charge in [0, 0.05) is 60.7 Å². The number of carbonyl (C=O) groups excluding carboxylic acids is 1. The molecule has 0 aliphatic carbocycles. The molecule has 34 heavy (non-hydrogen) atoms. The highest BCUT2D eigenvalue weighted by atomic mass is 16.5. The average Bonchev–Trinajstić information content (AvgIpc) is 3.49. The van der Waals surface area contributed by atoms with Crippen LogP contribution in [0.2, 0.25) is 0 Å². The number of para-hydroxylation sites is 1. The van der Waals surface area contributed by atoms with Crippen molar-refractivity contribution < 1.29 is 9.53 Å². The Hall–Kier alpha value is -3.58. The first kappa shape index (κ1) is 22.2. The van der Waals surface area contributed by atoms with Gasteiger partial charge < -0.3 is 25.6 Å². The van der Waals surface area contributed by atoms with Gasteiger partial charge in [-0.3, -0.25) is 4.79 Å². The Morgan fingerprint density at radius 1 is 1.18 bits per heavy atom. The van der Waals surface area contributed by atoms with E-state index >= 15 is 0 Å². The van der Waals surface area contributed by atoms with Gasteiger partial charge in [-0.1, -0.05) is 24.3 Å². The highest BCUT2D eigenvalue weighted by molar-refractivity contribution is 6.00. The van der Waals surface area contributed by atoms with Crippen molar-refractivity contribution in [1.29, 1.82) is 0 Å². The fraction of sp³-hybridized carbons (Fsp3) is 0.333. The van der Waals surface area contributed by atoms with Gasteiger partial charge in [-0.05, 0) is 49.8 Å². The van der Waals surface area contributed by atoms with Crippen molar-refractivity contribution in [3.8, 4) is 16.9 Å². The fourth-order valence-electron chi connectivity index (χ4n) is 5.10. The van der Waals surface area contributed by atoms with Gasteiger partial charge in [-0.15, -0.1) is 0 Å².